The first-order chi connectivity index (χ1) is 9.36. The molecular weight excluding hydrogens is 254 g/mol. The van der Waals surface area contributed by atoms with Gasteiger partial charge in [-0.2, -0.15) is 0 Å². The zero-order chi connectivity index (χ0) is 13.1. The fourth-order valence-corrected chi connectivity index (χ4v) is 3.30. The van der Waals surface area contributed by atoms with E-state index in [4.69, 9.17) is 5.11 Å². The fraction of sp³-hybridized carbons (Fsp3) is 0.250. The smallest absolute Gasteiger partial charge is 0.104 e. The minimum atomic E-state index is -0.0789. The molecule has 0 saturated carbocycles. The molecule has 0 saturated heterocycles. The molecule has 2 aromatic rings. The molecule has 1 aromatic heterocycles. The third-order valence-electron chi connectivity index (χ3n) is 3.32. The summed E-state index contributed by atoms with van der Waals surface area (Å²) in [7, 11) is 0. The minimum absolute atomic E-state index is 0.0789. The van der Waals surface area contributed by atoms with Crippen LogP contribution in [0.2, 0.25) is 0 Å². The molecule has 1 aliphatic heterocycles. The number of hydrogen-bond donors (Lipinski definition) is 1. The third-order valence-corrected chi connectivity index (χ3v) is 4.23. The van der Waals surface area contributed by atoms with Gasteiger partial charge in [-0.15, -0.1) is 11.3 Å². The predicted octanol–water partition coefficient (Wildman–Crippen LogP) is 2.61. The molecule has 0 bridgehead atoms. The van der Waals surface area contributed by atoms with Crippen LogP contribution in [0.15, 0.2) is 35.7 Å². The van der Waals surface area contributed by atoms with Crippen molar-refractivity contribution in [1.29, 1.82) is 0 Å². The van der Waals surface area contributed by atoms with E-state index in [1.807, 2.05) is 6.07 Å². The van der Waals surface area contributed by atoms with Gasteiger partial charge in [0.05, 0.1) is 0 Å². The highest BCUT2D eigenvalue weighted by molar-refractivity contribution is 7.10. The summed E-state index contributed by atoms with van der Waals surface area (Å²) in [5.74, 6) is 5.75. The number of fused-ring (bicyclic) bond motifs is 1. The van der Waals surface area contributed by atoms with Crippen LogP contribution in [0.5, 0.6) is 0 Å². The van der Waals surface area contributed by atoms with Crippen molar-refractivity contribution in [2.75, 3.05) is 6.61 Å². The first kappa shape index (κ1) is 12.4. The number of aliphatic hydroxyl groups is 1. The van der Waals surface area contributed by atoms with Crippen LogP contribution in [-0.2, 0) is 19.6 Å². The molecule has 0 atom stereocenters. The lowest BCUT2D eigenvalue weighted by atomic mass is 10.1. The second-order valence-corrected chi connectivity index (χ2v) is 5.63. The van der Waals surface area contributed by atoms with Crippen LogP contribution in [0.25, 0.3) is 0 Å². The van der Waals surface area contributed by atoms with Crippen molar-refractivity contribution in [3.05, 3.63) is 57.3 Å². The molecule has 3 rings (SSSR count). The quantitative estimate of drug-likeness (QED) is 0.847. The summed E-state index contributed by atoms with van der Waals surface area (Å²) in [6.45, 7) is 2.88. The Bertz CT molecular complexity index is 610. The van der Waals surface area contributed by atoms with Gasteiger partial charge >= 0.3 is 0 Å². The van der Waals surface area contributed by atoms with Crippen LogP contribution in [0, 0.1) is 11.8 Å². The molecule has 0 radical (unpaired) electrons. The summed E-state index contributed by atoms with van der Waals surface area (Å²) in [6, 6.07) is 10.6. The van der Waals surface area contributed by atoms with E-state index in [0.29, 0.717) is 0 Å². The van der Waals surface area contributed by atoms with Gasteiger partial charge in [0.2, 0.25) is 0 Å². The van der Waals surface area contributed by atoms with Gasteiger partial charge in [-0.05, 0) is 22.6 Å². The molecular formula is C16H15NOS. The summed E-state index contributed by atoms with van der Waals surface area (Å²) < 4.78 is 0. The number of aliphatic hydroxyl groups excluding tert-OH is 1. The number of benzene rings is 1. The lowest BCUT2D eigenvalue weighted by molar-refractivity contribution is 0.278. The summed E-state index contributed by atoms with van der Waals surface area (Å²) in [5.41, 5.74) is 3.92. The van der Waals surface area contributed by atoms with Crippen LogP contribution in [-0.4, -0.2) is 16.6 Å². The van der Waals surface area contributed by atoms with E-state index in [9.17, 15) is 0 Å². The van der Waals surface area contributed by atoms with Crippen molar-refractivity contribution in [2.24, 2.45) is 0 Å². The highest BCUT2D eigenvalue weighted by Gasteiger charge is 2.19. The van der Waals surface area contributed by atoms with E-state index >= 15 is 0 Å². The molecule has 0 amide bonds. The summed E-state index contributed by atoms with van der Waals surface area (Å²) in [4.78, 5) is 3.72. The molecule has 19 heavy (non-hydrogen) atoms. The number of hydrogen-bond acceptors (Lipinski definition) is 3. The Kier molecular flexibility index (Phi) is 3.65. The topological polar surface area (TPSA) is 23.5 Å². The van der Waals surface area contributed by atoms with Crippen molar-refractivity contribution in [3.8, 4) is 11.8 Å². The maximum atomic E-state index is 8.78. The van der Waals surface area contributed by atoms with Crippen LogP contribution in [0.1, 0.15) is 21.6 Å². The minimum Gasteiger partial charge on any atom is -0.384 e. The van der Waals surface area contributed by atoms with Gasteiger partial charge < -0.3 is 5.11 Å². The van der Waals surface area contributed by atoms with E-state index in [2.05, 4.69) is 46.4 Å². The van der Waals surface area contributed by atoms with Crippen molar-refractivity contribution in [1.82, 2.24) is 4.90 Å². The maximum Gasteiger partial charge on any atom is 0.104 e. The molecule has 1 N–H and O–H groups in total. The molecule has 3 heteroatoms. The van der Waals surface area contributed by atoms with E-state index in [0.717, 1.165) is 25.2 Å². The van der Waals surface area contributed by atoms with E-state index < -0.39 is 0 Å². The Morgan fingerprint density at radius 1 is 1.16 bits per heavy atom. The first-order valence-electron chi connectivity index (χ1n) is 6.32. The van der Waals surface area contributed by atoms with Gasteiger partial charge in [-0.25, -0.2) is 0 Å². The van der Waals surface area contributed by atoms with Crippen molar-refractivity contribution in [2.45, 2.75) is 19.6 Å². The Morgan fingerprint density at radius 3 is 2.58 bits per heavy atom. The molecule has 2 nitrogen and oxygen atoms in total. The second-order valence-electron chi connectivity index (χ2n) is 4.63. The maximum absolute atomic E-state index is 8.78. The summed E-state index contributed by atoms with van der Waals surface area (Å²) in [5, 5.41) is 10.8. The van der Waals surface area contributed by atoms with Crippen LogP contribution < -0.4 is 0 Å². The Hall–Kier alpha value is -1.60. The van der Waals surface area contributed by atoms with Crippen LogP contribution in [0.3, 0.4) is 0 Å². The zero-order valence-electron chi connectivity index (χ0n) is 10.6. The molecule has 1 aliphatic rings. The predicted molar refractivity (Wildman–Crippen MR) is 77.7 cm³/mol. The van der Waals surface area contributed by atoms with Crippen LogP contribution in [0.4, 0.5) is 0 Å². The first-order valence-corrected chi connectivity index (χ1v) is 7.20. The standard InChI is InChI=1S/C16H15NOS/c18-8-3-6-13-7-9-19-16(13)12-17-10-14-4-1-2-5-15(14)11-17/h1-2,4-5,7,9,18H,8,10-12H2. The Labute approximate surface area is 117 Å². The van der Waals surface area contributed by atoms with Crippen molar-refractivity contribution in [3.63, 3.8) is 0 Å². The molecule has 0 aliphatic carbocycles. The van der Waals surface area contributed by atoms with Gasteiger partial charge in [0.15, 0.2) is 0 Å². The molecule has 96 valence electrons. The molecule has 0 fully saturated rings. The van der Waals surface area contributed by atoms with Crippen molar-refractivity contribution >= 4 is 11.3 Å². The number of thiophene rings is 1. The lowest BCUT2D eigenvalue weighted by Gasteiger charge is -2.13. The van der Waals surface area contributed by atoms with E-state index in [-0.39, 0.29) is 6.61 Å². The number of nitrogens with zero attached hydrogens (tertiary/aromatic N) is 1. The van der Waals surface area contributed by atoms with E-state index in [1.165, 1.54) is 16.0 Å². The van der Waals surface area contributed by atoms with Gasteiger partial charge in [0, 0.05) is 30.1 Å². The zero-order valence-corrected chi connectivity index (χ0v) is 11.4. The monoisotopic (exact) mass is 269 g/mol. The van der Waals surface area contributed by atoms with Gasteiger partial charge in [0.25, 0.3) is 0 Å². The van der Waals surface area contributed by atoms with E-state index in [1.54, 1.807) is 11.3 Å². The molecule has 0 spiro atoms. The average molecular weight is 269 g/mol. The SMILES string of the molecule is OCC#Cc1ccsc1CN1Cc2ccccc2C1. The summed E-state index contributed by atoms with van der Waals surface area (Å²) >= 11 is 1.74. The average Bonchev–Trinajstić information content (AvgIpc) is 3.02. The van der Waals surface area contributed by atoms with Gasteiger partial charge in [0.1, 0.15) is 6.61 Å². The largest absolute Gasteiger partial charge is 0.384 e. The third kappa shape index (κ3) is 2.71. The second kappa shape index (κ2) is 5.58. The fourth-order valence-electron chi connectivity index (χ4n) is 2.43. The highest BCUT2D eigenvalue weighted by atomic mass is 32.1. The van der Waals surface area contributed by atoms with Gasteiger partial charge in [-0.1, -0.05) is 36.1 Å². The Balaban J connectivity index is 1.73. The Morgan fingerprint density at radius 2 is 1.89 bits per heavy atom. The summed E-state index contributed by atoms with van der Waals surface area (Å²) in [6.07, 6.45) is 0. The number of rotatable bonds is 2. The van der Waals surface area contributed by atoms with Crippen LogP contribution >= 0.6 is 11.3 Å². The highest BCUT2D eigenvalue weighted by Crippen LogP contribution is 2.26. The van der Waals surface area contributed by atoms with Gasteiger partial charge in [-0.3, -0.25) is 4.90 Å². The normalized spacial score (nSPS) is 13.9. The molecule has 2 heterocycles. The molecule has 1 aromatic carbocycles. The van der Waals surface area contributed by atoms with Crippen molar-refractivity contribution < 1.29 is 5.11 Å². The molecule has 0 unspecified atom stereocenters. The lowest BCUT2D eigenvalue weighted by Crippen LogP contribution is -2.15.